The first-order chi connectivity index (χ1) is 7.27. The zero-order valence-corrected chi connectivity index (χ0v) is 10.3. The Morgan fingerprint density at radius 2 is 2.40 bits per heavy atom. The Balaban J connectivity index is 2.29. The summed E-state index contributed by atoms with van der Waals surface area (Å²) in [7, 11) is 1.63. The highest BCUT2D eigenvalue weighted by Gasteiger charge is 2.09. The van der Waals surface area contributed by atoms with Gasteiger partial charge >= 0.3 is 0 Å². The Hall–Kier alpha value is -0.650. The van der Waals surface area contributed by atoms with Crippen LogP contribution in [0.25, 0.3) is 0 Å². The molecule has 86 valence electrons. The minimum atomic E-state index is 0.298. The Morgan fingerprint density at radius 1 is 1.60 bits per heavy atom. The molecule has 15 heavy (non-hydrogen) atoms. The fourth-order valence-electron chi connectivity index (χ4n) is 1.16. The van der Waals surface area contributed by atoms with Gasteiger partial charge in [0.25, 0.3) is 0 Å². The van der Waals surface area contributed by atoms with Gasteiger partial charge in [-0.1, -0.05) is 0 Å². The molecular weight excluding hydrogens is 212 g/mol. The number of methoxy groups -OCH3 is 1. The summed E-state index contributed by atoms with van der Waals surface area (Å²) < 4.78 is 14.4. The van der Waals surface area contributed by atoms with E-state index in [4.69, 9.17) is 9.47 Å². The molecule has 1 unspecified atom stereocenters. The van der Waals surface area contributed by atoms with Gasteiger partial charge in [0.1, 0.15) is 0 Å². The fraction of sp³-hybridized carbons (Fsp3) is 0.700. The number of aromatic nitrogens is 1. The molecule has 1 heterocycles. The summed E-state index contributed by atoms with van der Waals surface area (Å²) in [4.78, 5) is 1.18. The highest BCUT2D eigenvalue weighted by Crippen LogP contribution is 2.22. The molecule has 1 atom stereocenters. The summed E-state index contributed by atoms with van der Waals surface area (Å²) in [6.45, 7) is 6.48. The van der Waals surface area contributed by atoms with E-state index in [2.05, 4.69) is 16.6 Å². The van der Waals surface area contributed by atoms with E-state index in [0.717, 1.165) is 19.8 Å². The van der Waals surface area contributed by atoms with Crippen LogP contribution in [0, 0.1) is 0 Å². The third kappa shape index (κ3) is 4.15. The predicted octanol–water partition coefficient (Wildman–Crippen LogP) is 1.84. The predicted molar refractivity (Wildman–Crippen MR) is 61.6 cm³/mol. The van der Waals surface area contributed by atoms with Crippen LogP contribution >= 0.6 is 11.5 Å². The van der Waals surface area contributed by atoms with E-state index in [0.29, 0.717) is 11.9 Å². The maximum absolute atomic E-state index is 5.25. The number of hydrogen-bond acceptors (Lipinski definition) is 5. The average Bonchev–Trinajstić information content (AvgIpc) is 2.72. The molecule has 0 amide bonds. The van der Waals surface area contributed by atoms with Crippen LogP contribution in [0.2, 0.25) is 0 Å². The molecule has 0 fully saturated rings. The maximum atomic E-state index is 5.25. The zero-order valence-electron chi connectivity index (χ0n) is 9.45. The number of ether oxygens (including phenoxy) is 2. The molecule has 0 saturated carbocycles. The van der Waals surface area contributed by atoms with Gasteiger partial charge in [-0.2, -0.15) is 4.37 Å². The van der Waals surface area contributed by atoms with Crippen molar-refractivity contribution in [2.45, 2.75) is 19.9 Å². The summed E-state index contributed by atoms with van der Waals surface area (Å²) in [6.07, 6.45) is 0. The SMILES string of the molecule is CCOCCNC(C)c1cc(OC)ns1. The van der Waals surface area contributed by atoms with E-state index in [1.807, 2.05) is 13.0 Å². The average molecular weight is 230 g/mol. The van der Waals surface area contributed by atoms with Crippen molar-refractivity contribution < 1.29 is 9.47 Å². The molecule has 4 nitrogen and oxygen atoms in total. The van der Waals surface area contributed by atoms with E-state index in [1.54, 1.807) is 7.11 Å². The van der Waals surface area contributed by atoms with Crippen LogP contribution in [-0.2, 0) is 4.74 Å². The van der Waals surface area contributed by atoms with Crippen molar-refractivity contribution in [3.05, 3.63) is 10.9 Å². The lowest BCUT2D eigenvalue weighted by molar-refractivity contribution is 0.147. The molecule has 1 aromatic heterocycles. The first-order valence-corrected chi connectivity index (χ1v) is 5.87. The van der Waals surface area contributed by atoms with Gasteiger partial charge in [-0.15, -0.1) is 0 Å². The Labute approximate surface area is 94.8 Å². The quantitative estimate of drug-likeness (QED) is 0.726. The van der Waals surface area contributed by atoms with Crippen LogP contribution in [0.5, 0.6) is 5.88 Å². The molecule has 0 aromatic carbocycles. The van der Waals surface area contributed by atoms with Gasteiger partial charge in [0.2, 0.25) is 5.88 Å². The van der Waals surface area contributed by atoms with Crippen LogP contribution < -0.4 is 10.1 Å². The van der Waals surface area contributed by atoms with E-state index >= 15 is 0 Å². The lowest BCUT2D eigenvalue weighted by Crippen LogP contribution is -2.22. The lowest BCUT2D eigenvalue weighted by atomic mass is 10.3. The van der Waals surface area contributed by atoms with E-state index in [1.165, 1.54) is 16.4 Å². The van der Waals surface area contributed by atoms with Crippen LogP contribution in [0.3, 0.4) is 0 Å². The molecular formula is C10H18N2O2S. The van der Waals surface area contributed by atoms with Crippen molar-refractivity contribution in [3.8, 4) is 5.88 Å². The topological polar surface area (TPSA) is 43.4 Å². The first kappa shape index (κ1) is 12.4. The van der Waals surface area contributed by atoms with E-state index < -0.39 is 0 Å². The minimum Gasteiger partial charge on any atom is -0.480 e. The molecule has 0 aliphatic carbocycles. The van der Waals surface area contributed by atoms with E-state index in [-0.39, 0.29) is 0 Å². The number of nitrogens with zero attached hydrogens (tertiary/aromatic N) is 1. The molecule has 0 bridgehead atoms. The van der Waals surface area contributed by atoms with Gasteiger partial charge in [-0.3, -0.25) is 0 Å². The van der Waals surface area contributed by atoms with Crippen LogP contribution in [0.15, 0.2) is 6.07 Å². The number of hydrogen-bond donors (Lipinski definition) is 1. The largest absolute Gasteiger partial charge is 0.480 e. The summed E-state index contributed by atoms with van der Waals surface area (Å²) in [5.74, 6) is 0.688. The lowest BCUT2D eigenvalue weighted by Gasteiger charge is -2.10. The van der Waals surface area contributed by atoms with Gasteiger partial charge in [0.05, 0.1) is 13.7 Å². The molecule has 0 aliphatic rings. The van der Waals surface area contributed by atoms with Crippen molar-refractivity contribution >= 4 is 11.5 Å². The monoisotopic (exact) mass is 230 g/mol. The first-order valence-electron chi connectivity index (χ1n) is 5.09. The van der Waals surface area contributed by atoms with Crippen molar-refractivity contribution in [1.82, 2.24) is 9.69 Å². The van der Waals surface area contributed by atoms with Crippen LogP contribution in [-0.4, -0.2) is 31.2 Å². The fourth-order valence-corrected chi connectivity index (χ4v) is 1.88. The second-order valence-corrected chi connectivity index (χ2v) is 3.98. The Morgan fingerprint density at radius 3 is 3.00 bits per heavy atom. The summed E-state index contributed by atoms with van der Waals surface area (Å²) in [5.41, 5.74) is 0. The minimum absolute atomic E-state index is 0.298. The maximum Gasteiger partial charge on any atom is 0.225 e. The van der Waals surface area contributed by atoms with Crippen LogP contribution in [0.1, 0.15) is 24.8 Å². The molecule has 1 rings (SSSR count). The third-order valence-corrected chi connectivity index (χ3v) is 3.00. The van der Waals surface area contributed by atoms with E-state index in [9.17, 15) is 0 Å². The van der Waals surface area contributed by atoms with Crippen molar-refractivity contribution in [2.24, 2.45) is 0 Å². The van der Waals surface area contributed by atoms with Crippen molar-refractivity contribution in [1.29, 1.82) is 0 Å². The summed E-state index contributed by atoms with van der Waals surface area (Å²) in [5, 5.41) is 3.36. The molecule has 0 saturated heterocycles. The second-order valence-electron chi connectivity index (χ2n) is 3.14. The number of rotatable bonds is 7. The third-order valence-electron chi connectivity index (χ3n) is 2.04. The van der Waals surface area contributed by atoms with Gasteiger partial charge in [0.15, 0.2) is 0 Å². The summed E-state index contributed by atoms with van der Waals surface area (Å²) in [6, 6.07) is 2.26. The normalized spacial score (nSPS) is 12.7. The van der Waals surface area contributed by atoms with Crippen LogP contribution in [0.4, 0.5) is 0 Å². The molecule has 0 aliphatic heterocycles. The highest BCUT2D eigenvalue weighted by atomic mass is 32.1. The zero-order chi connectivity index (χ0) is 11.1. The van der Waals surface area contributed by atoms with Crippen molar-refractivity contribution in [3.63, 3.8) is 0 Å². The van der Waals surface area contributed by atoms with Gasteiger partial charge in [-0.25, -0.2) is 0 Å². The van der Waals surface area contributed by atoms with Gasteiger partial charge in [0, 0.05) is 30.1 Å². The van der Waals surface area contributed by atoms with Gasteiger partial charge in [-0.05, 0) is 25.4 Å². The molecule has 1 N–H and O–H groups in total. The smallest absolute Gasteiger partial charge is 0.225 e. The second kappa shape index (κ2) is 6.76. The van der Waals surface area contributed by atoms with Crippen molar-refractivity contribution in [2.75, 3.05) is 26.9 Å². The molecule has 1 aromatic rings. The number of nitrogens with one attached hydrogen (secondary N) is 1. The summed E-state index contributed by atoms with van der Waals surface area (Å²) >= 11 is 1.47. The standard InChI is InChI=1S/C10H18N2O2S/c1-4-14-6-5-11-8(2)9-7-10(13-3)12-15-9/h7-8,11H,4-6H2,1-3H3. The molecule has 0 spiro atoms. The van der Waals surface area contributed by atoms with Gasteiger partial charge < -0.3 is 14.8 Å². The highest BCUT2D eigenvalue weighted by molar-refractivity contribution is 7.06. The molecule has 0 radical (unpaired) electrons. The Kier molecular flexibility index (Phi) is 5.60. The molecule has 5 heteroatoms. The Bertz CT molecular complexity index is 278.